The van der Waals surface area contributed by atoms with Crippen molar-refractivity contribution in [3.05, 3.63) is 86.4 Å². The molecule has 0 fully saturated rings. The summed E-state index contributed by atoms with van der Waals surface area (Å²) in [7, 11) is 0. The van der Waals surface area contributed by atoms with Crippen LogP contribution in [0, 0.1) is 26.6 Å². The lowest BCUT2D eigenvalue weighted by atomic mass is 10.2. The van der Waals surface area contributed by atoms with Gasteiger partial charge in [-0.25, -0.2) is 14.1 Å². The third-order valence-electron chi connectivity index (χ3n) is 4.69. The Morgan fingerprint density at radius 2 is 1.83 bits per heavy atom. The summed E-state index contributed by atoms with van der Waals surface area (Å²) in [5.74, 6) is 0.138. The van der Waals surface area contributed by atoms with Gasteiger partial charge in [-0.1, -0.05) is 11.6 Å². The van der Waals surface area contributed by atoms with Crippen molar-refractivity contribution in [2.45, 2.75) is 20.8 Å². The van der Waals surface area contributed by atoms with E-state index in [0.717, 1.165) is 22.6 Å². The van der Waals surface area contributed by atoms with Crippen molar-refractivity contribution >= 4 is 28.7 Å². The van der Waals surface area contributed by atoms with E-state index < -0.39 is 0 Å². The molecule has 6 nitrogen and oxygen atoms in total. The number of aryl methyl sites for hydroxylation is 2. The van der Waals surface area contributed by atoms with Gasteiger partial charge >= 0.3 is 0 Å². The summed E-state index contributed by atoms with van der Waals surface area (Å²) in [6.45, 7) is 5.45. The number of hydrogen-bond acceptors (Lipinski definition) is 4. The molecule has 0 aliphatic rings. The Kier molecular flexibility index (Phi) is 4.76. The van der Waals surface area contributed by atoms with E-state index in [1.165, 1.54) is 16.8 Å². The normalized spacial score (nSPS) is 11.6. The van der Waals surface area contributed by atoms with Crippen molar-refractivity contribution in [3.63, 3.8) is 0 Å². The molecule has 29 heavy (non-hydrogen) atoms. The van der Waals surface area contributed by atoms with Crippen LogP contribution >= 0.6 is 11.6 Å². The fraction of sp³-hybridized carbons (Fsp3) is 0.143. The molecular formula is C21H17ClFN5O. The van der Waals surface area contributed by atoms with Crippen LogP contribution in [0.25, 0.3) is 16.6 Å². The quantitative estimate of drug-likeness (QED) is 0.477. The molecular weight excluding hydrogens is 393 g/mol. The Morgan fingerprint density at radius 3 is 2.55 bits per heavy atom. The highest BCUT2D eigenvalue weighted by atomic mass is 35.5. The maximum Gasteiger partial charge on any atom is 0.282 e. The molecule has 0 unspecified atom stereocenters. The zero-order valence-corrected chi connectivity index (χ0v) is 16.8. The van der Waals surface area contributed by atoms with Crippen molar-refractivity contribution in [2.75, 3.05) is 0 Å². The van der Waals surface area contributed by atoms with Crippen LogP contribution in [0.4, 0.5) is 4.39 Å². The number of nitrogens with zero attached hydrogens (tertiary/aromatic N) is 5. The lowest BCUT2D eigenvalue weighted by molar-refractivity contribution is 0.627. The van der Waals surface area contributed by atoms with Gasteiger partial charge in [-0.05, 0) is 63.2 Å². The van der Waals surface area contributed by atoms with Crippen molar-refractivity contribution in [2.24, 2.45) is 5.10 Å². The Bertz CT molecular complexity index is 1320. The highest BCUT2D eigenvalue weighted by Gasteiger charge is 2.13. The molecule has 0 N–H and O–H groups in total. The van der Waals surface area contributed by atoms with E-state index in [1.54, 1.807) is 48.2 Å². The van der Waals surface area contributed by atoms with Gasteiger partial charge < -0.3 is 0 Å². The number of rotatable bonds is 3. The summed E-state index contributed by atoms with van der Waals surface area (Å²) in [5.41, 5.74) is 3.33. The first-order chi connectivity index (χ1) is 13.8. The van der Waals surface area contributed by atoms with E-state index in [1.807, 2.05) is 13.8 Å². The van der Waals surface area contributed by atoms with Crippen LogP contribution in [0.15, 0.2) is 52.4 Å². The van der Waals surface area contributed by atoms with Gasteiger partial charge in [0.2, 0.25) is 0 Å². The van der Waals surface area contributed by atoms with Gasteiger partial charge in [0.15, 0.2) is 0 Å². The van der Waals surface area contributed by atoms with Crippen LogP contribution < -0.4 is 5.56 Å². The first-order valence-electron chi connectivity index (χ1n) is 8.90. The Hall–Kier alpha value is -3.32. The average Bonchev–Trinajstić information content (AvgIpc) is 2.96. The monoisotopic (exact) mass is 409 g/mol. The van der Waals surface area contributed by atoms with Crippen LogP contribution in [0.5, 0.6) is 0 Å². The second-order valence-corrected chi connectivity index (χ2v) is 7.09. The molecule has 146 valence electrons. The van der Waals surface area contributed by atoms with E-state index in [0.29, 0.717) is 21.7 Å². The van der Waals surface area contributed by atoms with Gasteiger partial charge in [0.1, 0.15) is 11.6 Å². The molecule has 0 atom stereocenters. The maximum atomic E-state index is 13.2. The highest BCUT2D eigenvalue weighted by molar-refractivity contribution is 6.31. The van der Waals surface area contributed by atoms with Gasteiger partial charge in [-0.2, -0.15) is 14.9 Å². The Labute approximate surface area is 170 Å². The van der Waals surface area contributed by atoms with Crippen LogP contribution in [-0.2, 0) is 0 Å². The molecule has 0 aliphatic carbocycles. The summed E-state index contributed by atoms with van der Waals surface area (Å²) in [5, 5.41) is 9.83. The van der Waals surface area contributed by atoms with Crippen molar-refractivity contribution in [3.8, 4) is 5.69 Å². The largest absolute Gasteiger partial charge is 0.282 e. The van der Waals surface area contributed by atoms with Gasteiger partial charge in [0.05, 0.1) is 34.2 Å². The van der Waals surface area contributed by atoms with Gasteiger partial charge in [0.25, 0.3) is 5.56 Å². The minimum Gasteiger partial charge on any atom is -0.267 e. The molecule has 2 aromatic carbocycles. The van der Waals surface area contributed by atoms with Crippen molar-refractivity contribution in [1.29, 1.82) is 0 Å². The molecule has 8 heteroatoms. The minimum atomic E-state index is -0.308. The molecule has 0 saturated heterocycles. The Balaban J connectivity index is 1.78. The van der Waals surface area contributed by atoms with E-state index in [2.05, 4.69) is 15.2 Å². The third kappa shape index (κ3) is 3.45. The maximum absolute atomic E-state index is 13.2. The molecule has 0 aliphatic heterocycles. The van der Waals surface area contributed by atoms with E-state index in [-0.39, 0.29) is 11.4 Å². The summed E-state index contributed by atoms with van der Waals surface area (Å²) in [6, 6.07) is 11.0. The molecule has 0 bridgehead atoms. The van der Waals surface area contributed by atoms with E-state index >= 15 is 0 Å². The Morgan fingerprint density at radius 1 is 1.10 bits per heavy atom. The first-order valence-corrected chi connectivity index (χ1v) is 9.28. The molecule has 4 aromatic rings. The van der Waals surface area contributed by atoms with E-state index in [4.69, 9.17) is 11.6 Å². The minimum absolute atomic E-state index is 0.276. The highest BCUT2D eigenvalue weighted by Crippen LogP contribution is 2.18. The molecule has 4 rings (SSSR count). The number of hydrogen-bond donors (Lipinski definition) is 0. The molecule has 0 saturated carbocycles. The topological polar surface area (TPSA) is 65.1 Å². The number of benzene rings is 2. The molecule has 2 aromatic heterocycles. The average molecular weight is 410 g/mol. The van der Waals surface area contributed by atoms with Gasteiger partial charge in [0, 0.05) is 10.6 Å². The molecule has 0 radical (unpaired) electrons. The second-order valence-electron chi connectivity index (χ2n) is 6.65. The second kappa shape index (κ2) is 7.25. The molecule has 0 amide bonds. The van der Waals surface area contributed by atoms with Crippen LogP contribution in [0.3, 0.4) is 0 Å². The number of aromatic nitrogens is 4. The lowest BCUT2D eigenvalue weighted by Gasteiger charge is -2.06. The fourth-order valence-corrected chi connectivity index (χ4v) is 3.35. The fourth-order valence-electron chi connectivity index (χ4n) is 3.19. The lowest BCUT2D eigenvalue weighted by Crippen LogP contribution is -2.20. The van der Waals surface area contributed by atoms with Gasteiger partial charge in [-0.15, -0.1) is 0 Å². The predicted octanol–water partition coefficient (Wildman–Crippen LogP) is 4.18. The van der Waals surface area contributed by atoms with Crippen LogP contribution in [-0.4, -0.2) is 25.7 Å². The zero-order chi connectivity index (χ0) is 20.7. The standard InChI is InChI=1S/C21H17ClFN5O/c1-12-19(13(2)27(26-12)17-7-5-16(23)6-8-17)11-24-28-14(3)25-20-10-15(22)4-9-18(20)21(28)29/h4-11H,1-3H3. The number of fused-ring (bicyclic) bond motifs is 1. The third-order valence-corrected chi connectivity index (χ3v) is 4.93. The van der Waals surface area contributed by atoms with Crippen molar-refractivity contribution < 1.29 is 4.39 Å². The van der Waals surface area contributed by atoms with Crippen LogP contribution in [0.1, 0.15) is 22.8 Å². The SMILES string of the molecule is Cc1nn(-c2ccc(F)cc2)c(C)c1C=Nn1c(C)nc2cc(Cl)ccc2c1=O. The van der Waals surface area contributed by atoms with E-state index in [9.17, 15) is 9.18 Å². The molecule has 0 spiro atoms. The van der Waals surface area contributed by atoms with Gasteiger partial charge in [-0.3, -0.25) is 4.79 Å². The summed E-state index contributed by atoms with van der Waals surface area (Å²) >= 11 is 5.99. The van der Waals surface area contributed by atoms with Crippen LogP contribution in [0.2, 0.25) is 5.02 Å². The predicted molar refractivity (Wildman–Crippen MR) is 112 cm³/mol. The first kappa shape index (κ1) is 19.0. The molecule has 2 heterocycles. The zero-order valence-electron chi connectivity index (χ0n) is 16.0. The summed E-state index contributed by atoms with van der Waals surface area (Å²) < 4.78 is 16.2. The summed E-state index contributed by atoms with van der Waals surface area (Å²) in [6.07, 6.45) is 1.59. The smallest absolute Gasteiger partial charge is 0.267 e. The van der Waals surface area contributed by atoms with Crippen molar-refractivity contribution in [1.82, 2.24) is 19.4 Å². The number of halogens is 2. The summed E-state index contributed by atoms with van der Waals surface area (Å²) in [4.78, 5) is 17.2.